The van der Waals surface area contributed by atoms with Gasteiger partial charge in [0.05, 0.1) is 5.41 Å². The molecule has 0 bridgehead atoms. The Morgan fingerprint density at radius 1 is 0.950 bits per heavy atom. The zero-order valence-electron chi connectivity index (χ0n) is 11.5. The van der Waals surface area contributed by atoms with Gasteiger partial charge in [-0.05, 0) is 29.5 Å². The molecule has 1 aliphatic rings. The molecule has 0 saturated heterocycles. The number of rotatable bonds is 4. The predicted molar refractivity (Wildman–Crippen MR) is 80.0 cm³/mol. The van der Waals surface area contributed by atoms with Crippen molar-refractivity contribution in [1.82, 2.24) is 10.9 Å². The van der Waals surface area contributed by atoms with Crippen LogP contribution in [0, 0.1) is 0 Å². The van der Waals surface area contributed by atoms with E-state index in [0.29, 0.717) is 0 Å². The largest absolute Gasteiger partial charge is 0.291 e. The molecule has 1 amide bonds. The van der Waals surface area contributed by atoms with Crippen LogP contribution in [-0.4, -0.2) is 13.0 Å². The fourth-order valence-corrected chi connectivity index (χ4v) is 2.62. The van der Waals surface area contributed by atoms with E-state index in [9.17, 15) is 4.79 Å². The summed E-state index contributed by atoms with van der Waals surface area (Å²) in [6.07, 6.45) is 1.84. The van der Waals surface area contributed by atoms with Crippen LogP contribution in [-0.2, 0) is 10.2 Å². The third kappa shape index (κ3) is 2.21. The molecule has 0 heterocycles. The molecule has 2 N–H and O–H groups in total. The summed E-state index contributed by atoms with van der Waals surface area (Å²) in [6.45, 7) is 0. The van der Waals surface area contributed by atoms with Crippen LogP contribution >= 0.6 is 0 Å². The molecule has 20 heavy (non-hydrogen) atoms. The summed E-state index contributed by atoms with van der Waals surface area (Å²) >= 11 is 0. The smallest absolute Gasteiger partial charge is 0.244 e. The lowest BCUT2D eigenvalue weighted by molar-refractivity contribution is -0.124. The SMILES string of the molecule is CNNC(=O)C1(c2ccc(-c3ccccc3)cc2)CC1. The van der Waals surface area contributed by atoms with Crippen LogP contribution < -0.4 is 10.9 Å². The van der Waals surface area contributed by atoms with Crippen molar-refractivity contribution in [2.45, 2.75) is 18.3 Å². The number of hydrogen-bond donors (Lipinski definition) is 2. The van der Waals surface area contributed by atoms with Crippen LogP contribution in [0.15, 0.2) is 54.6 Å². The summed E-state index contributed by atoms with van der Waals surface area (Å²) in [7, 11) is 1.71. The van der Waals surface area contributed by atoms with Crippen molar-refractivity contribution in [2.75, 3.05) is 7.05 Å². The van der Waals surface area contributed by atoms with E-state index in [1.54, 1.807) is 7.05 Å². The van der Waals surface area contributed by atoms with Gasteiger partial charge in [-0.3, -0.25) is 10.2 Å². The first-order chi connectivity index (χ1) is 9.76. The molecule has 0 atom stereocenters. The van der Waals surface area contributed by atoms with E-state index < -0.39 is 0 Å². The second-order valence-corrected chi connectivity index (χ2v) is 5.23. The molecule has 0 spiro atoms. The van der Waals surface area contributed by atoms with E-state index in [1.165, 1.54) is 11.1 Å². The summed E-state index contributed by atoms with van der Waals surface area (Å²) in [5.74, 6) is 0.0625. The van der Waals surface area contributed by atoms with Crippen molar-refractivity contribution < 1.29 is 4.79 Å². The molecular formula is C17H18N2O. The standard InChI is InChI=1S/C17H18N2O/c1-18-19-16(20)17(11-12-17)15-9-7-14(8-10-15)13-5-3-2-4-6-13/h2-10,18H,11-12H2,1H3,(H,19,20). The zero-order valence-corrected chi connectivity index (χ0v) is 11.5. The van der Waals surface area contributed by atoms with E-state index in [4.69, 9.17) is 0 Å². The number of nitrogens with one attached hydrogen (secondary N) is 2. The van der Waals surface area contributed by atoms with Crippen LogP contribution in [0.1, 0.15) is 18.4 Å². The van der Waals surface area contributed by atoms with Crippen LogP contribution in [0.3, 0.4) is 0 Å². The maximum atomic E-state index is 12.1. The van der Waals surface area contributed by atoms with Gasteiger partial charge >= 0.3 is 0 Å². The zero-order chi connectivity index (χ0) is 14.0. The first-order valence-electron chi connectivity index (χ1n) is 6.89. The highest BCUT2D eigenvalue weighted by molar-refractivity contribution is 5.91. The molecule has 102 valence electrons. The fraction of sp³-hybridized carbons (Fsp3) is 0.235. The highest BCUT2D eigenvalue weighted by Gasteiger charge is 2.51. The van der Waals surface area contributed by atoms with E-state index in [0.717, 1.165) is 18.4 Å². The van der Waals surface area contributed by atoms with Crippen LogP contribution in [0.4, 0.5) is 0 Å². The lowest BCUT2D eigenvalue weighted by Crippen LogP contribution is -2.41. The van der Waals surface area contributed by atoms with Gasteiger partial charge in [-0.2, -0.15) is 0 Å². The van der Waals surface area contributed by atoms with Gasteiger partial charge in [0, 0.05) is 7.05 Å². The molecule has 1 aliphatic carbocycles. The van der Waals surface area contributed by atoms with Crippen molar-refractivity contribution in [3.63, 3.8) is 0 Å². The Kier molecular flexibility index (Phi) is 3.28. The van der Waals surface area contributed by atoms with Gasteiger partial charge in [-0.25, -0.2) is 5.43 Å². The second kappa shape index (κ2) is 5.10. The van der Waals surface area contributed by atoms with Crippen molar-refractivity contribution in [3.05, 3.63) is 60.2 Å². The Balaban J connectivity index is 1.85. The monoisotopic (exact) mass is 266 g/mol. The molecule has 0 aromatic heterocycles. The molecule has 3 nitrogen and oxygen atoms in total. The molecule has 3 heteroatoms. The minimum absolute atomic E-state index is 0.0625. The number of benzene rings is 2. The highest BCUT2D eigenvalue weighted by atomic mass is 16.2. The van der Waals surface area contributed by atoms with E-state index in [-0.39, 0.29) is 11.3 Å². The van der Waals surface area contributed by atoms with Crippen LogP contribution in [0.2, 0.25) is 0 Å². The number of carbonyl (C=O) groups excluding carboxylic acids is 1. The second-order valence-electron chi connectivity index (χ2n) is 5.23. The topological polar surface area (TPSA) is 41.1 Å². The van der Waals surface area contributed by atoms with Crippen LogP contribution in [0.25, 0.3) is 11.1 Å². The van der Waals surface area contributed by atoms with E-state index in [2.05, 4.69) is 47.2 Å². The average Bonchev–Trinajstić information content (AvgIpc) is 3.30. The van der Waals surface area contributed by atoms with Crippen LogP contribution in [0.5, 0.6) is 0 Å². The Labute approximate surface area is 119 Å². The molecule has 0 unspecified atom stereocenters. The van der Waals surface area contributed by atoms with Gasteiger partial charge in [0.25, 0.3) is 0 Å². The Morgan fingerprint density at radius 2 is 1.55 bits per heavy atom. The first-order valence-corrected chi connectivity index (χ1v) is 6.89. The third-order valence-corrected chi connectivity index (χ3v) is 3.97. The summed E-state index contributed by atoms with van der Waals surface area (Å²) in [5.41, 5.74) is 8.58. The predicted octanol–water partition coefficient (Wildman–Crippen LogP) is 2.64. The normalized spacial score (nSPS) is 15.7. The van der Waals surface area contributed by atoms with E-state index in [1.807, 2.05) is 18.2 Å². The van der Waals surface area contributed by atoms with E-state index >= 15 is 0 Å². The number of hydrazine groups is 1. The van der Waals surface area contributed by atoms with Gasteiger partial charge in [-0.1, -0.05) is 54.6 Å². The Hall–Kier alpha value is -2.13. The summed E-state index contributed by atoms with van der Waals surface area (Å²) in [4.78, 5) is 12.1. The Bertz CT molecular complexity index is 601. The fourth-order valence-electron chi connectivity index (χ4n) is 2.62. The molecule has 0 aliphatic heterocycles. The number of amides is 1. The van der Waals surface area contributed by atoms with Gasteiger partial charge in [0.2, 0.25) is 5.91 Å². The van der Waals surface area contributed by atoms with Crippen molar-refractivity contribution in [1.29, 1.82) is 0 Å². The van der Waals surface area contributed by atoms with Gasteiger partial charge in [-0.15, -0.1) is 0 Å². The van der Waals surface area contributed by atoms with Gasteiger partial charge in [0.1, 0.15) is 0 Å². The Morgan fingerprint density at radius 3 is 2.10 bits per heavy atom. The molecular weight excluding hydrogens is 248 g/mol. The first kappa shape index (κ1) is 12.9. The minimum Gasteiger partial charge on any atom is -0.291 e. The summed E-state index contributed by atoms with van der Waals surface area (Å²) < 4.78 is 0. The number of hydrogen-bond acceptors (Lipinski definition) is 2. The maximum Gasteiger partial charge on any atom is 0.244 e. The summed E-state index contributed by atoms with van der Waals surface area (Å²) in [5, 5.41) is 0. The number of carbonyl (C=O) groups is 1. The lowest BCUT2D eigenvalue weighted by Gasteiger charge is -2.15. The summed E-state index contributed by atoms with van der Waals surface area (Å²) in [6, 6.07) is 18.6. The quantitative estimate of drug-likeness (QED) is 0.835. The maximum absolute atomic E-state index is 12.1. The van der Waals surface area contributed by atoms with Crippen molar-refractivity contribution in [2.24, 2.45) is 0 Å². The average molecular weight is 266 g/mol. The molecule has 1 fully saturated rings. The molecule has 1 saturated carbocycles. The van der Waals surface area contributed by atoms with Gasteiger partial charge < -0.3 is 0 Å². The lowest BCUT2D eigenvalue weighted by atomic mass is 9.93. The third-order valence-electron chi connectivity index (χ3n) is 3.97. The van der Waals surface area contributed by atoms with Crippen molar-refractivity contribution in [3.8, 4) is 11.1 Å². The highest BCUT2D eigenvalue weighted by Crippen LogP contribution is 2.48. The molecule has 3 rings (SSSR count). The van der Waals surface area contributed by atoms with Gasteiger partial charge in [0.15, 0.2) is 0 Å². The molecule has 2 aromatic carbocycles. The van der Waals surface area contributed by atoms with Crippen molar-refractivity contribution >= 4 is 5.91 Å². The minimum atomic E-state index is -0.321. The molecule has 2 aromatic rings. The molecule has 0 radical (unpaired) electrons.